The number of ketones is 1. The van der Waals surface area contributed by atoms with Crippen LogP contribution in [0.15, 0.2) is 67.0 Å². The number of Topliss-reactive ketones (excluding diaryl/α,β-unsaturated/α-hetero) is 1. The van der Waals surface area contributed by atoms with Gasteiger partial charge in [-0.2, -0.15) is 0 Å². The first-order chi connectivity index (χ1) is 16.1. The summed E-state index contributed by atoms with van der Waals surface area (Å²) in [6.45, 7) is 7.81. The third-order valence-corrected chi connectivity index (χ3v) is 5.80. The molecular weight excluding hydrogens is 422 g/mol. The van der Waals surface area contributed by atoms with Crippen molar-refractivity contribution in [2.75, 3.05) is 46.0 Å². The molecule has 0 bridgehead atoms. The van der Waals surface area contributed by atoms with Crippen molar-refractivity contribution in [2.45, 2.75) is 6.04 Å². The molecule has 0 saturated carbocycles. The highest BCUT2D eigenvalue weighted by Crippen LogP contribution is 2.39. The highest BCUT2D eigenvalue weighted by molar-refractivity contribution is 6.46. The number of amides is 1. The van der Waals surface area contributed by atoms with Crippen LogP contribution in [-0.2, 0) is 14.3 Å². The van der Waals surface area contributed by atoms with E-state index < -0.39 is 17.7 Å². The fourth-order valence-electron chi connectivity index (χ4n) is 4.09. The van der Waals surface area contributed by atoms with Crippen molar-refractivity contribution in [1.29, 1.82) is 0 Å². The number of nitrogens with zero attached hydrogens (tertiary/aromatic N) is 3. The molecule has 0 spiro atoms. The van der Waals surface area contributed by atoms with Gasteiger partial charge in [0.2, 0.25) is 0 Å². The minimum absolute atomic E-state index is 0.0646. The smallest absolute Gasteiger partial charge is 0.295 e. The molecule has 2 aromatic rings. The maximum Gasteiger partial charge on any atom is 0.295 e. The molecule has 33 heavy (non-hydrogen) atoms. The van der Waals surface area contributed by atoms with Crippen molar-refractivity contribution >= 4 is 17.4 Å². The van der Waals surface area contributed by atoms with Gasteiger partial charge in [0.15, 0.2) is 0 Å². The number of pyridine rings is 1. The van der Waals surface area contributed by atoms with E-state index in [1.165, 1.54) is 4.90 Å². The van der Waals surface area contributed by atoms with Crippen LogP contribution in [0.2, 0.25) is 0 Å². The van der Waals surface area contributed by atoms with Gasteiger partial charge in [0.25, 0.3) is 11.7 Å². The molecule has 3 heterocycles. The third kappa shape index (κ3) is 4.97. The second-order valence-corrected chi connectivity index (χ2v) is 7.86. The Bertz CT molecular complexity index is 1030. The SMILES string of the molecule is C=CCOc1ccc(C(O)=C2C(=O)C(=O)N(CCN3CCOCC3)[C@H]2c2cccnc2)cc1. The van der Waals surface area contributed by atoms with Crippen LogP contribution in [0.4, 0.5) is 0 Å². The van der Waals surface area contributed by atoms with Crippen molar-refractivity contribution < 1.29 is 24.2 Å². The Balaban J connectivity index is 1.66. The number of benzene rings is 1. The molecule has 2 aliphatic heterocycles. The van der Waals surface area contributed by atoms with Crippen LogP contribution in [0.3, 0.4) is 0 Å². The Labute approximate surface area is 192 Å². The molecule has 8 nitrogen and oxygen atoms in total. The lowest BCUT2D eigenvalue weighted by Gasteiger charge is -2.30. The predicted octanol–water partition coefficient (Wildman–Crippen LogP) is 2.40. The molecule has 2 saturated heterocycles. The minimum atomic E-state index is -0.712. The molecule has 1 N–H and O–H groups in total. The van der Waals surface area contributed by atoms with E-state index in [2.05, 4.69) is 16.5 Å². The van der Waals surface area contributed by atoms with E-state index >= 15 is 0 Å². The number of rotatable bonds is 8. The number of hydrogen-bond donors (Lipinski definition) is 1. The third-order valence-electron chi connectivity index (χ3n) is 5.80. The van der Waals surface area contributed by atoms with Crippen LogP contribution in [0, 0.1) is 0 Å². The van der Waals surface area contributed by atoms with Crippen molar-refractivity contribution in [3.05, 3.63) is 78.1 Å². The zero-order valence-corrected chi connectivity index (χ0v) is 18.4. The Morgan fingerprint density at radius 2 is 1.94 bits per heavy atom. The molecule has 1 amide bonds. The van der Waals surface area contributed by atoms with E-state index in [0.29, 0.717) is 49.8 Å². The molecule has 1 aromatic heterocycles. The van der Waals surface area contributed by atoms with Crippen molar-refractivity contribution in [3.8, 4) is 5.75 Å². The first-order valence-electron chi connectivity index (χ1n) is 10.9. The molecule has 2 fully saturated rings. The number of aromatic nitrogens is 1. The van der Waals surface area contributed by atoms with E-state index in [0.717, 1.165) is 13.1 Å². The van der Waals surface area contributed by atoms with Crippen LogP contribution in [0.5, 0.6) is 5.75 Å². The van der Waals surface area contributed by atoms with Gasteiger partial charge in [0, 0.05) is 44.1 Å². The van der Waals surface area contributed by atoms with Gasteiger partial charge in [-0.3, -0.25) is 19.5 Å². The summed E-state index contributed by atoms with van der Waals surface area (Å²) >= 11 is 0. The zero-order chi connectivity index (χ0) is 23.2. The first kappa shape index (κ1) is 22.7. The molecule has 8 heteroatoms. The molecule has 172 valence electrons. The quantitative estimate of drug-likeness (QED) is 0.286. The number of morpholine rings is 1. The second-order valence-electron chi connectivity index (χ2n) is 7.86. The fraction of sp³-hybridized carbons (Fsp3) is 0.320. The summed E-state index contributed by atoms with van der Waals surface area (Å²) in [4.78, 5) is 34.0. The van der Waals surface area contributed by atoms with Crippen LogP contribution in [0.25, 0.3) is 5.76 Å². The van der Waals surface area contributed by atoms with E-state index in [-0.39, 0.29) is 11.3 Å². The average molecular weight is 450 g/mol. The Morgan fingerprint density at radius 3 is 2.61 bits per heavy atom. The molecule has 0 radical (unpaired) electrons. The van der Waals surface area contributed by atoms with Gasteiger partial charge in [-0.1, -0.05) is 18.7 Å². The van der Waals surface area contributed by atoms with Crippen LogP contribution >= 0.6 is 0 Å². The minimum Gasteiger partial charge on any atom is -0.507 e. The normalized spacial score (nSPS) is 20.7. The summed E-state index contributed by atoms with van der Waals surface area (Å²) in [5, 5.41) is 11.1. The van der Waals surface area contributed by atoms with Gasteiger partial charge < -0.3 is 19.5 Å². The summed E-state index contributed by atoms with van der Waals surface area (Å²) < 4.78 is 10.9. The predicted molar refractivity (Wildman–Crippen MR) is 123 cm³/mol. The summed E-state index contributed by atoms with van der Waals surface area (Å²) in [6, 6.07) is 9.58. The standard InChI is InChI=1S/C25H27N3O5/c1-2-14-33-20-7-5-18(6-8-20)23(29)21-22(19-4-3-9-26-17-19)28(25(31)24(21)30)11-10-27-12-15-32-16-13-27/h2-9,17,22,29H,1,10-16H2/t22-/m0/s1. The number of aliphatic hydroxyl groups is 1. The Morgan fingerprint density at radius 1 is 1.18 bits per heavy atom. The largest absolute Gasteiger partial charge is 0.507 e. The first-order valence-corrected chi connectivity index (χ1v) is 10.9. The van der Waals surface area contributed by atoms with E-state index in [1.54, 1.807) is 48.8 Å². The molecule has 0 aliphatic carbocycles. The van der Waals surface area contributed by atoms with Gasteiger partial charge in [-0.05, 0) is 35.9 Å². The van der Waals surface area contributed by atoms with Gasteiger partial charge >= 0.3 is 0 Å². The lowest BCUT2D eigenvalue weighted by molar-refractivity contribution is -0.140. The van der Waals surface area contributed by atoms with Crippen molar-refractivity contribution in [1.82, 2.24) is 14.8 Å². The topological polar surface area (TPSA) is 92.2 Å². The number of carbonyl (C=O) groups is 2. The lowest BCUT2D eigenvalue weighted by atomic mass is 9.96. The van der Waals surface area contributed by atoms with E-state index in [4.69, 9.17) is 9.47 Å². The average Bonchev–Trinajstić information content (AvgIpc) is 3.12. The number of carbonyl (C=O) groups excluding carboxylic acids is 2. The highest BCUT2D eigenvalue weighted by Gasteiger charge is 2.46. The van der Waals surface area contributed by atoms with Gasteiger partial charge in [0.05, 0.1) is 24.8 Å². The van der Waals surface area contributed by atoms with Gasteiger partial charge in [-0.15, -0.1) is 0 Å². The number of ether oxygens (including phenoxy) is 2. The van der Waals surface area contributed by atoms with E-state index in [9.17, 15) is 14.7 Å². The monoisotopic (exact) mass is 449 g/mol. The summed E-state index contributed by atoms with van der Waals surface area (Å²) in [5.74, 6) is -0.924. The lowest BCUT2D eigenvalue weighted by Crippen LogP contribution is -2.42. The number of aliphatic hydroxyl groups excluding tert-OH is 1. The Kier molecular flexibility index (Phi) is 7.16. The molecule has 0 unspecified atom stereocenters. The summed E-state index contributed by atoms with van der Waals surface area (Å²) in [6.07, 6.45) is 4.89. The number of hydrogen-bond acceptors (Lipinski definition) is 7. The Hall–Kier alpha value is -3.49. The molecule has 4 rings (SSSR count). The highest BCUT2D eigenvalue weighted by atomic mass is 16.5. The second kappa shape index (κ2) is 10.4. The summed E-state index contributed by atoms with van der Waals surface area (Å²) in [7, 11) is 0. The van der Waals surface area contributed by atoms with Crippen molar-refractivity contribution in [3.63, 3.8) is 0 Å². The molecule has 2 aliphatic rings. The number of likely N-dealkylation sites (tertiary alicyclic amines) is 1. The maximum atomic E-state index is 13.1. The van der Waals surface area contributed by atoms with Crippen LogP contribution in [-0.4, -0.2) is 77.6 Å². The van der Waals surface area contributed by atoms with Crippen molar-refractivity contribution in [2.24, 2.45) is 0 Å². The van der Waals surface area contributed by atoms with Crippen LogP contribution < -0.4 is 4.74 Å². The molecule has 1 atom stereocenters. The maximum absolute atomic E-state index is 13.1. The zero-order valence-electron chi connectivity index (χ0n) is 18.4. The molecular formula is C25H27N3O5. The van der Waals surface area contributed by atoms with Gasteiger partial charge in [-0.25, -0.2) is 0 Å². The van der Waals surface area contributed by atoms with Gasteiger partial charge in [0.1, 0.15) is 18.1 Å². The summed E-state index contributed by atoms with van der Waals surface area (Å²) in [5.41, 5.74) is 1.17. The fourth-order valence-corrected chi connectivity index (χ4v) is 4.09. The molecule has 1 aromatic carbocycles. The van der Waals surface area contributed by atoms with E-state index in [1.807, 2.05) is 6.07 Å². The van der Waals surface area contributed by atoms with Crippen LogP contribution in [0.1, 0.15) is 17.2 Å².